The summed E-state index contributed by atoms with van der Waals surface area (Å²) < 4.78 is 0. The van der Waals surface area contributed by atoms with E-state index in [2.05, 4.69) is 6.58 Å². The maximum atomic E-state index is 6.86. The maximum Gasteiger partial charge on any atom is 0.0203 e. The van der Waals surface area contributed by atoms with Crippen LogP contribution in [0.15, 0.2) is 12.2 Å². The minimum atomic E-state index is 0.886. The summed E-state index contributed by atoms with van der Waals surface area (Å²) in [6, 6.07) is 0. The minimum Gasteiger partial charge on any atom is -0.313 e. The molecule has 2 heteroatoms. The third kappa shape index (κ3) is 6.97. The Morgan fingerprint density at radius 1 is 1.18 bits per heavy atom. The minimum absolute atomic E-state index is 0.886. The van der Waals surface area contributed by atoms with Gasteiger partial charge in [-0.25, -0.2) is 0 Å². The van der Waals surface area contributed by atoms with Crippen LogP contribution in [-0.4, -0.2) is 12.4 Å². The molecule has 0 heterocycles. The van der Waals surface area contributed by atoms with Crippen LogP contribution in [0.2, 0.25) is 0 Å². The van der Waals surface area contributed by atoms with E-state index >= 15 is 0 Å². The average Bonchev–Trinajstić information content (AvgIpc) is 2.04. The molecule has 0 amide bonds. The average molecular weight is 152 g/mol. The Bertz CT molecular complexity index is 138. The van der Waals surface area contributed by atoms with Crippen molar-refractivity contribution in [3.8, 4) is 0 Å². The molecule has 0 aromatic heterocycles. The van der Waals surface area contributed by atoms with Crippen molar-refractivity contribution in [2.75, 3.05) is 0 Å². The summed E-state index contributed by atoms with van der Waals surface area (Å²) in [5, 5.41) is 13.6. The lowest BCUT2D eigenvalue weighted by Crippen LogP contribution is -1.83. The van der Waals surface area contributed by atoms with Gasteiger partial charge in [0.1, 0.15) is 0 Å². The summed E-state index contributed by atoms with van der Waals surface area (Å²) in [5.74, 6) is 0. The van der Waals surface area contributed by atoms with Crippen molar-refractivity contribution in [3.05, 3.63) is 12.2 Å². The number of nitrogens with one attached hydrogen (secondary N) is 2. The fraction of sp³-hybridized carbons (Fsp3) is 0.556. The van der Waals surface area contributed by atoms with Crippen LogP contribution in [0.25, 0.3) is 0 Å². The van der Waals surface area contributed by atoms with Gasteiger partial charge >= 0.3 is 0 Å². The van der Waals surface area contributed by atoms with E-state index < -0.39 is 0 Å². The first-order valence-corrected chi connectivity index (χ1v) is 3.98. The second-order valence-corrected chi connectivity index (χ2v) is 2.61. The van der Waals surface area contributed by atoms with E-state index in [1.165, 1.54) is 12.4 Å². The van der Waals surface area contributed by atoms with E-state index in [-0.39, 0.29) is 0 Å². The highest BCUT2D eigenvalue weighted by Crippen LogP contribution is 2.05. The molecular formula is C9H16N2. The van der Waals surface area contributed by atoms with Gasteiger partial charge in [0.15, 0.2) is 0 Å². The van der Waals surface area contributed by atoms with Crippen molar-refractivity contribution in [1.29, 1.82) is 10.8 Å². The smallest absolute Gasteiger partial charge is 0.0203 e. The topological polar surface area (TPSA) is 47.7 Å². The molecule has 0 spiro atoms. The molecule has 2 nitrogen and oxygen atoms in total. The van der Waals surface area contributed by atoms with Crippen molar-refractivity contribution < 1.29 is 0 Å². The first-order chi connectivity index (χ1) is 5.31. The van der Waals surface area contributed by atoms with E-state index in [0.29, 0.717) is 0 Å². The molecule has 0 aliphatic rings. The molecule has 0 aliphatic carbocycles. The van der Waals surface area contributed by atoms with Gasteiger partial charge < -0.3 is 10.8 Å². The van der Waals surface area contributed by atoms with Gasteiger partial charge in [-0.2, -0.15) is 0 Å². The normalized spacial score (nSPS) is 9.09. The predicted molar refractivity (Wildman–Crippen MR) is 49.8 cm³/mol. The summed E-state index contributed by atoms with van der Waals surface area (Å²) in [5.41, 5.74) is 0.903. The largest absolute Gasteiger partial charge is 0.313 e. The zero-order valence-corrected chi connectivity index (χ0v) is 6.90. The van der Waals surface area contributed by atoms with Gasteiger partial charge in [0, 0.05) is 6.21 Å². The fourth-order valence-corrected chi connectivity index (χ4v) is 0.847. The Kier molecular flexibility index (Phi) is 6.59. The highest BCUT2D eigenvalue weighted by Gasteiger charge is 1.90. The molecule has 0 rings (SSSR count). The summed E-state index contributed by atoms with van der Waals surface area (Å²) >= 11 is 0. The maximum absolute atomic E-state index is 6.86. The van der Waals surface area contributed by atoms with Crippen LogP contribution >= 0.6 is 0 Å². The van der Waals surface area contributed by atoms with Crippen molar-refractivity contribution in [1.82, 2.24) is 0 Å². The van der Waals surface area contributed by atoms with Crippen molar-refractivity contribution in [2.45, 2.75) is 32.1 Å². The van der Waals surface area contributed by atoms with Crippen LogP contribution in [-0.2, 0) is 0 Å². The Morgan fingerprint density at radius 2 is 1.91 bits per heavy atom. The zero-order chi connectivity index (χ0) is 8.53. The number of allylic oxidation sites excluding steroid dienone is 1. The van der Waals surface area contributed by atoms with E-state index in [4.69, 9.17) is 10.8 Å². The Hall–Kier alpha value is -0.920. The van der Waals surface area contributed by atoms with Gasteiger partial charge in [-0.3, -0.25) is 0 Å². The zero-order valence-electron chi connectivity index (χ0n) is 6.90. The van der Waals surface area contributed by atoms with Crippen molar-refractivity contribution >= 4 is 12.4 Å². The highest BCUT2D eigenvalue weighted by molar-refractivity contribution is 5.74. The molecule has 0 unspecified atom stereocenters. The van der Waals surface area contributed by atoms with Gasteiger partial charge in [0.25, 0.3) is 0 Å². The quantitative estimate of drug-likeness (QED) is 0.416. The Balaban J connectivity index is 3.07. The molecule has 0 atom stereocenters. The van der Waals surface area contributed by atoms with E-state index in [0.717, 1.165) is 37.7 Å². The van der Waals surface area contributed by atoms with Gasteiger partial charge in [-0.1, -0.05) is 13.0 Å². The molecule has 62 valence electrons. The van der Waals surface area contributed by atoms with Crippen molar-refractivity contribution in [3.63, 3.8) is 0 Å². The number of hydrogen-bond donors (Lipinski definition) is 2. The molecule has 0 radical (unpaired) electrons. The fourth-order valence-electron chi connectivity index (χ4n) is 0.847. The van der Waals surface area contributed by atoms with Crippen LogP contribution in [0.3, 0.4) is 0 Å². The van der Waals surface area contributed by atoms with Crippen LogP contribution in [0.1, 0.15) is 32.1 Å². The molecule has 0 fully saturated rings. The predicted octanol–water partition coefficient (Wildman–Crippen LogP) is 2.79. The standard InChI is InChI=1S/C9H16N2/c1-9(8-11)6-4-2-3-5-7-10/h7-8,10-11H,1-6H2. The van der Waals surface area contributed by atoms with Gasteiger partial charge in [0.05, 0.1) is 0 Å². The third-order valence-electron chi connectivity index (χ3n) is 1.55. The first-order valence-electron chi connectivity index (χ1n) is 3.98. The van der Waals surface area contributed by atoms with Crippen LogP contribution < -0.4 is 0 Å². The van der Waals surface area contributed by atoms with E-state index in [1.807, 2.05) is 0 Å². The molecular weight excluding hydrogens is 136 g/mol. The monoisotopic (exact) mass is 152 g/mol. The number of rotatable bonds is 7. The molecule has 11 heavy (non-hydrogen) atoms. The lowest BCUT2D eigenvalue weighted by atomic mass is 10.1. The highest BCUT2D eigenvalue weighted by atomic mass is 14.3. The van der Waals surface area contributed by atoms with Crippen molar-refractivity contribution in [2.24, 2.45) is 0 Å². The van der Waals surface area contributed by atoms with Gasteiger partial charge in [-0.15, -0.1) is 0 Å². The lowest BCUT2D eigenvalue weighted by Gasteiger charge is -1.97. The summed E-state index contributed by atoms with van der Waals surface area (Å²) in [6.45, 7) is 3.70. The third-order valence-corrected chi connectivity index (χ3v) is 1.55. The van der Waals surface area contributed by atoms with Crippen LogP contribution in [0, 0.1) is 10.8 Å². The number of hydrogen-bond acceptors (Lipinski definition) is 2. The second-order valence-electron chi connectivity index (χ2n) is 2.61. The number of unbranched alkanes of at least 4 members (excludes halogenated alkanes) is 3. The molecule has 0 bridgehead atoms. The summed E-state index contributed by atoms with van der Waals surface area (Å²) in [6.07, 6.45) is 7.92. The van der Waals surface area contributed by atoms with E-state index in [1.54, 1.807) is 0 Å². The lowest BCUT2D eigenvalue weighted by molar-refractivity contribution is 0.704. The molecule has 0 saturated carbocycles. The second kappa shape index (κ2) is 7.19. The van der Waals surface area contributed by atoms with Gasteiger partial charge in [-0.05, 0) is 37.5 Å². The van der Waals surface area contributed by atoms with Gasteiger partial charge in [0.2, 0.25) is 0 Å². The Morgan fingerprint density at radius 3 is 2.45 bits per heavy atom. The summed E-state index contributed by atoms with van der Waals surface area (Å²) in [7, 11) is 0. The molecule has 0 aromatic rings. The molecule has 2 N–H and O–H groups in total. The molecule has 0 aromatic carbocycles. The SMILES string of the molecule is C=C(C=N)CCCCCC=N. The molecule has 0 saturated heterocycles. The van der Waals surface area contributed by atoms with Crippen LogP contribution in [0.4, 0.5) is 0 Å². The van der Waals surface area contributed by atoms with Crippen LogP contribution in [0.5, 0.6) is 0 Å². The molecule has 0 aliphatic heterocycles. The van der Waals surface area contributed by atoms with E-state index in [9.17, 15) is 0 Å². The first kappa shape index (κ1) is 10.1. The summed E-state index contributed by atoms with van der Waals surface area (Å²) in [4.78, 5) is 0. The Labute approximate surface area is 68.3 Å².